The first-order chi connectivity index (χ1) is 14.0. The van der Waals surface area contributed by atoms with Crippen molar-refractivity contribution in [3.05, 3.63) is 57.7 Å². The third kappa shape index (κ3) is 4.42. The lowest BCUT2D eigenvalue weighted by Crippen LogP contribution is -2.29. The highest BCUT2D eigenvalue weighted by Gasteiger charge is 2.21. The van der Waals surface area contributed by atoms with Crippen LogP contribution in [0.1, 0.15) is 69.1 Å². The normalized spacial score (nSPS) is 20.6. The van der Waals surface area contributed by atoms with Crippen molar-refractivity contribution in [1.29, 1.82) is 0 Å². The van der Waals surface area contributed by atoms with Crippen molar-refractivity contribution >= 4 is 17.5 Å². The zero-order chi connectivity index (χ0) is 20.4. The van der Waals surface area contributed by atoms with Gasteiger partial charge in [-0.2, -0.15) is 0 Å². The van der Waals surface area contributed by atoms with Crippen LogP contribution in [0.2, 0.25) is 0 Å². The summed E-state index contributed by atoms with van der Waals surface area (Å²) in [5.74, 6) is 0. The van der Waals surface area contributed by atoms with Crippen LogP contribution in [0, 0.1) is 13.8 Å². The minimum Gasteiger partial charge on any atom is -0.372 e. The van der Waals surface area contributed by atoms with Crippen LogP contribution in [0.25, 0.3) is 6.08 Å². The predicted molar refractivity (Wildman–Crippen MR) is 126 cm³/mol. The molecule has 0 radical (unpaired) electrons. The van der Waals surface area contributed by atoms with Gasteiger partial charge in [0.15, 0.2) is 5.71 Å². The van der Waals surface area contributed by atoms with Crippen molar-refractivity contribution in [2.45, 2.75) is 66.2 Å². The summed E-state index contributed by atoms with van der Waals surface area (Å²) in [5, 5.41) is 0. The Bertz CT molecular complexity index is 849. The second kappa shape index (κ2) is 8.73. The van der Waals surface area contributed by atoms with Gasteiger partial charge in [0.25, 0.3) is 0 Å². The molecular formula is C27H37N2+. The Morgan fingerprint density at radius 2 is 1.31 bits per heavy atom. The average Bonchev–Trinajstić information content (AvgIpc) is 2.73. The van der Waals surface area contributed by atoms with Crippen LogP contribution in [0.5, 0.6) is 0 Å². The third-order valence-electron chi connectivity index (χ3n) is 6.89. The summed E-state index contributed by atoms with van der Waals surface area (Å²) in [6.07, 6.45) is 15.3. The van der Waals surface area contributed by atoms with Crippen molar-refractivity contribution in [2.75, 3.05) is 31.1 Å². The van der Waals surface area contributed by atoms with E-state index in [0.717, 1.165) is 0 Å². The molecule has 0 spiro atoms. The van der Waals surface area contributed by atoms with E-state index >= 15 is 0 Å². The topological polar surface area (TPSA) is 6.25 Å². The molecule has 2 fully saturated rings. The number of rotatable bonds is 2. The summed E-state index contributed by atoms with van der Waals surface area (Å²) in [4.78, 5) is 2.57. The Hall–Kier alpha value is -2.09. The molecule has 0 bridgehead atoms. The molecule has 2 heterocycles. The number of hydrogen-bond donors (Lipinski definition) is 0. The fraction of sp³-hybridized carbons (Fsp3) is 0.519. The van der Waals surface area contributed by atoms with Gasteiger partial charge in [-0.05, 0) is 105 Å². The van der Waals surface area contributed by atoms with Gasteiger partial charge in [0.05, 0.1) is 0 Å². The molecule has 2 saturated heterocycles. The molecule has 1 aliphatic carbocycles. The lowest BCUT2D eigenvalue weighted by molar-refractivity contribution is -0.535. The fourth-order valence-electron chi connectivity index (χ4n) is 5.17. The number of allylic oxidation sites excluding steroid dienone is 5. The largest absolute Gasteiger partial charge is 0.372 e. The molecular weight excluding hydrogens is 352 g/mol. The second-order valence-corrected chi connectivity index (χ2v) is 9.23. The van der Waals surface area contributed by atoms with Gasteiger partial charge < -0.3 is 4.90 Å². The van der Waals surface area contributed by atoms with Crippen LogP contribution in [-0.2, 0) is 0 Å². The first-order valence-corrected chi connectivity index (χ1v) is 11.6. The van der Waals surface area contributed by atoms with Crippen molar-refractivity contribution in [3.8, 4) is 0 Å². The number of anilines is 1. The molecule has 29 heavy (non-hydrogen) atoms. The molecule has 0 unspecified atom stereocenters. The standard InChI is InChI=1S/C27H37N2/c1-20-15-24(28-11-7-5-8-12-28)16-21(2)26(20)19-27-22(3)17-25(18-23(27)4)29-13-9-6-10-14-29/h15-19H,5-14H2,1-4H3/q+1. The second-order valence-electron chi connectivity index (χ2n) is 9.23. The molecule has 0 aromatic heterocycles. The molecule has 0 amide bonds. The van der Waals surface area contributed by atoms with Crippen LogP contribution in [0.3, 0.4) is 0 Å². The van der Waals surface area contributed by atoms with E-state index in [-0.39, 0.29) is 0 Å². The molecule has 0 N–H and O–H groups in total. The first-order valence-electron chi connectivity index (χ1n) is 11.6. The van der Waals surface area contributed by atoms with Crippen LogP contribution in [0.15, 0.2) is 41.0 Å². The van der Waals surface area contributed by atoms with E-state index in [1.165, 1.54) is 110 Å². The van der Waals surface area contributed by atoms with Gasteiger partial charge in [0.1, 0.15) is 13.1 Å². The Kier molecular flexibility index (Phi) is 6.08. The molecule has 2 aliphatic heterocycles. The summed E-state index contributed by atoms with van der Waals surface area (Å²) in [6, 6.07) is 4.80. The van der Waals surface area contributed by atoms with E-state index < -0.39 is 0 Å². The molecule has 0 atom stereocenters. The molecule has 1 aromatic rings. The third-order valence-corrected chi connectivity index (χ3v) is 6.89. The van der Waals surface area contributed by atoms with Gasteiger partial charge >= 0.3 is 0 Å². The quantitative estimate of drug-likeness (QED) is 0.544. The highest BCUT2D eigenvalue weighted by Crippen LogP contribution is 2.31. The summed E-state index contributed by atoms with van der Waals surface area (Å²) in [6.45, 7) is 13.9. The van der Waals surface area contributed by atoms with Crippen molar-refractivity contribution in [3.63, 3.8) is 0 Å². The highest BCUT2D eigenvalue weighted by molar-refractivity contribution is 6.04. The van der Waals surface area contributed by atoms with Gasteiger partial charge in [0.2, 0.25) is 0 Å². The first kappa shape index (κ1) is 20.2. The van der Waals surface area contributed by atoms with Gasteiger partial charge in [-0.25, -0.2) is 4.58 Å². The molecule has 3 aliphatic rings. The summed E-state index contributed by atoms with van der Waals surface area (Å²) < 4.78 is 2.57. The highest BCUT2D eigenvalue weighted by atomic mass is 15.1. The number of benzene rings is 1. The molecule has 2 nitrogen and oxygen atoms in total. The SMILES string of the molecule is CC1=CC(=[N+]2CCCCC2)C=C(C)C1=Cc1c(C)cc(N2CCCCC2)cc1C. The van der Waals surface area contributed by atoms with Crippen molar-refractivity contribution in [1.82, 2.24) is 0 Å². The van der Waals surface area contributed by atoms with Gasteiger partial charge in [-0.1, -0.05) is 0 Å². The van der Waals surface area contributed by atoms with Crippen LogP contribution < -0.4 is 4.90 Å². The zero-order valence-electron chi connectivity index (χ0n) is 18.9. The van der Waals surface area contributed by atoms with Gasteiger partial charge in [-0.3, -0.25) is 0 Å². The van der Waals surface area contributed by atoms with E-state index in [0.29, 0.717) is 0 Å². The number of aryl methyl sites for hydroxylation is 2. The summed E-state index contributed by atoms with van der Waals surface area (Å²) >= 11 is 0. The van der Waals surface area contributed by atoms with E-state index in [1.807, 2.05) is 0 Å². The number of piperidine rings is 2. The zero-order valence-corrected chi connectivity index (χ0v) is 18.9. The fourth-order valence-corrected chi connectivity index (χ4v) is 5.17. The Morgan fingerprint density at radius 3 is 1.90 bits per heavy atom. The predicted octanol–water partition coefficient (Wildman–Crippen LogP) is 6.22. The van der Waals surface area contributed by atoms with Crippen molar-refractivity contribution < 1.29 is 4.58 Å². The Morgan fingerprint density at radius 1 is 0.759 bits per heavy atom. The monoisotopic (exact) mass is 389 g/mol. The Labute approximate surface area is 177 Å². The molecule has 154 valence electrons. The summed E-state index contributed by atoms with van der Waals surface area (Å²) in [5.41, 5.74) is 11.2. The maximum atomic E-state index is 2.57. The molecule has 1 aromatic carbocycles. The van der Waals surface area contributed by atoms with Gasteiger partial charge in [0, 0.05) is 43.8 Å². The van der Waals surface area contributed by atoms with E-state index in [1.54, 1.807) is 0 Å². The maximum absolute atomic E-state index is 2.57. The number of hydrogen-bond acceptors (Lipinski definition) is 1. The van der Waals surface area contributed by atoms with E-state index in [2.05, 4.69) is 67.5 Å². The summed E-state index contributed by atoms with van der Waals surface area (Å²) in [7, 11) is 0. The number of nitrogens with zero attached hydrogens (tertiary/aromatic N) is 2. The minimum absolute atomic E-state index is 1.21. The van der Waals surface area contributed by atoms with Crippen molar-refractivity contribution in [2.24, 2.45) is 0 Å². The van der Waals surface area contributed by atoms with Crippen LogP contribution in [0.4, 0.5) is 5.69 Å². The molecule has 4 rings (SSSR count). The van der Waals surface area contributed by atoms with Crippen LogP contribution in [-0.4, -0.2) is 36.5 Å². The minimum atomic E-state index is 1.21. The van der Waals surface area contributed by atoms with Gasteiger partial charge in [-0.15, -0.1) is 0 Å². The van der Waals surface area contributed by atoms with E-state index in [4.69, 9.17) is 0 Å². The maximum Gasteiger partial charge on any atom is 0.200 e. The van der Waals surface area contributed by atoms with Crippen LogP contribution >= 0.6 is 0 Å². The smallest absolute Gasteiger partial charge is 0.200 e. The lowest BCUT2D eigenvalue weighted by atomic mass is 9.89. The molecule has 0 saturated carbocycles. The molecule has 2 heteroatoms. The average molecular weight is 390 g/mol. The lowest BCUT2D eigenvalue weighted by Gasteiger charge is -2.30. The van der Waals surface area contributed by atoms with E-state index in [9.17, 15) is 0 Å². The Balaban J connectivity index is 1.65.